The van der Waals surface area contributed by atoms with Gasteiger partial charge in [-0.25, -0.2) is 0 Å². The van der Waals surface area contributed by atoms with Gasteiger partial charge in [0.2, 0.25) is 0 Å². The SMILES string of the molecule is Cc1cccc2c1oc1c(-c3ccccn3)[c-]ccc12.[Ir].[c-]1ccccc1-c1ccccn1. The van der Waals surface area contributed by atoms with Gasteiger partial charge in [-0.3, -0.25) is 0 Å². The molecule has 0 spiro atoms. The number of pyridine rings is 2. The molecule has 3 heterocycles. The van der Waals surface area contributed by atoms with Gasteiger partial charge in [0.15, 0.2) is 0 Å². The summed E-state index contributed by atoms with van der Waals surface area (Å²) in [6.07, 6.45) is 3.58. The number of fused-ring (bicyclic) bond motifs is 3. The fourth-order valence-corrected chi connectivity index (χ4v) is 3.68. The number of benzene rings is 3. The average Bonchev–Trinajstić information content (AvgIpc) is 3.26. The van der Waals surface area contributed by atoms with E-state index in [4.69, 9.17) is 4.42 Å². The Labute approximate surface area is 206 Å². The van der Waals surface area contributed by atoms with Gasteiger partial charge < -0.3 is 14.4 Å². The summed E-state index contributed by atoms with van der Waals surface area (Å²) in [5.41, 5.74) is 6.75. The van der Waals surface area contributed by atoms with Gasteiger partial charge in [0, 0.05) is 37.9 Å². The van der Waals surface area contributed by atoms with E-state index in [0.29, 0.717) is 0 Å². The molecule has 3 nitrogen and oxygen atoms in total. The van der Waals surface area contributed by atoms with E-state index in [0.717, 1.165) is 50.0 Å². The summed E-state index contributed by atoms with van der Waals surface area (Å²) in [5, 5.41) is 2.26. The summed E-state index contributed by atoms with van der Waals surface area (Å²) in [6.45, 7) is 2.06. The molecule has 4 heteroatoms. The molecule has 0 aliphatic heterocycles. The molecule has 0 bridgehead atoms. The first-order valence-electron chi connectivity index (χ1n) is 10.4. The van der Waals surface area contributed by atoms with Gasteiger partial charge in [0.1, 0.15) is 5.58 Å². The van der Waals surface area contributed by atoms with Crippen LogP contribution in [0, 0.1) is 19.1 Å². The topological polar surface area (TPSA) is 38.9 Å². The second kappa shape index (κ2) is 10.4. The molecule has 0 unspecified atom stereocenters. The molecule has 0 N–H and O–H groups in total. The van der Waals surface area contributed by atoms with Gasteiger partial charge in [-0.1, -0.05) is 53.4 Å². The molecule has 33 heavy (non-hydrogen) atoms. The predicted octanol–water partition coefficient (Wildman–Crippen LogP) is 7.30. The Morgan fingerprint density at radius 3 is 2.06 bits per heavy atom. The molecule has 163 valence electrons. The fraction of sp³-hybridized carbons (Fsp3) is 0.0345. The summed E-state index contributed by atoms with van der Waals surface area (Å²) < 4.78 is 6.10. The second-order valence-corrected chi connectivity index (χ2v) is 7.36. The summed E-state index contributed by atoms with van der Waals surface area (Å²) in [5.74, 6) is 0. The molecule has 6 rings (SSSR count). The van der Waals surface area contributed by atoms with Crippen LogP contribution in [0.25, 0.3) is 44.5 Å². The van der Waals surface area contributed by atoms with E-state index in [1.165, 1.54) is 0 Å². The second-order valence-electron chi connectivity index (χ2n) is 7.36. The van der Waals surface area contributed by atoms with Crippen molar-refractivity contribution in [1.82, 2.24) is 9.97 Å². The van der Waals surface area contributed by atoms with Gasteiger partial charge in [0.25, 0.3) is 0 Å². The number of aromatic nitrogens is 2. The first-order valence-corrected chi connectivity index (χ1v) is 10.4. The monoisotopic (exact) mass is 605 g/mol. The fourth-order valence-electron chi connectivity index (χ4n) is 3.68. The molecule has 0 saturated carbocycles. The largest absolute Gasteiger partial charge is 0.500 e. The minimum Gasteiger partial charge on any atom is -0.500 e. The predicted molar refractivity (Wildman–Crippen MR) is 129 cm³/mol. The third-order valence-electron chi connectivity index (χ3n) is 5.23. The first kappa shape index (κ1) is 22.6. The number of furan rings is 1. The maximum absolute atomic E-state index is 6.10. The van der Waals surface area contributed by atoms with Crippen molar-refractivity contribution in [2.45, 2.75) is 6.92 Å². The van der Waals surface area contributed by atoms with E-state index in [1.807, 2.05) is 72.8 Å². The molecule has 0 aliphatic rings. The Hall–Kier alpha value is -3.59. The van der Waals surface area contributed by atoms with Crippen LogP contribution in [0.5, 0.6) is 0 Å². The van der Waals surface area contributed by atoms with E-state index in [9.17, 15) is 0 Å². The van der Waals surface area contributed by atoms with Crippen molar-refractivity contribution in [1.29, 1.82) is 0 Å². The van der Waals surface area contributed by atoms with Crippen molar-refractivity contribution in [2.75, 3.05) is 0 Å². The quantitative estimate of drug-likeness (QED) is 0.195. The summed E-state index contributed by atoms with van der Waals surface area (Å²) >= 11 is 0. The molecule has 6 aromatic rings. The van der Waals surface area contributed by atoms with E-state index >= 15 is 0 Å². The molecule has 0 atom stereocenters. The van der Waals surface area contributed by atoms with Crippen molar-refractivity contribution in [2.24, 2.45) is 0 Å². The Morgan fingerprint density at radius 1 is 0.636 bits per heavy atom. The number of aryl methyl sites for hydroxylation is 1. The maximum atomic E-state index is 6.10. The van der Waals surface area contributed by atoms with Gasteiger partial charge in [-0.05, 0) is 36.0 Å². The van der Waals surface area contributed by atoms with E-state index in [2.05, 4.69) is 47.2 Å². The van der Waals surface area contributed by atoms with E-state index < -0.39 is 0 Å². The third kappa shape index (κ3) is 4.78. The number of hydrogen-bond donors (Lipinski definition) is 0. The minimum atomic E-state index is 0. The molecule has 0 amide bonds. The van der Waals surface area contributed by atoms with E-state index in [1.54, 1.807) is 12.4 Å². The number of hydrogen-bond acceptors (Lipinski definition) is 3. The van der Waals surface area contributed by atoms with Crippen molar-refractivity contribution < 1.29 is 24.5 Å². The molecular formula is C29H20IrN2O-2. The van der Waals surface area contributed by atoms with Crippen LogP contribution in [0.3, 0.4) is 0 Å². The third-order valence-corrected chi connectivity index (χ3v) is 5.23. The van der Waals surface area contributed by atoms with Crippen LogP contribution in [0.2, 0.25) is 0 Å². The number of rotatable bonds is 2. The maximum Gasteiger partial charge on any atom is 0.123 e. The average molecular weight is 605 g/mol. The van der Waals surface area contributed by atoms with E-state index in [-0.39, 0.29) is 20.1 Å². The van der Waals surface area contributed by atoms with Gasteiger partial charge in [0.05, 0.1) is 5.58 Å². The minimum absolute atomic E-state index is 0. The molecular weight excluding hydrogens is 585 g/mol. The molecule has 3 aromatic carbocycles. The van der Waals surface area contributed by atoms with Crippen LogP contribution in [0.15, 0.2) is 108 Å². The van der Waals surface area contributed by atoms with Gasteiger partial charge >= 0.3 is 0 Å². The molecule has 0 fully saturated rings. The molecule has 0 saturated heterocycles. The molecule has 3 aromatic heterocycles. The Bertz CT molecular complexity index is 1430. The van der Waals surface area contributed by atoms with Crippen LogP contribution in [0.1, 0.15) is 5.56 Å². The van der Waals surface area contributed by atoms with Crippen molar-refractivity contribution in [3.63, 3.8) is 0 Å². The zero-order chi connectivity index (χ0) is 21.8. The molecule has 1 radical (unpaired) electrons. The van der Waals surface area contributed by atoms with Crippen molar-refractivity contribution in [3.8, 4) is 22.5 Å². The van der Waals surface area contributed by atoms with Gasteiger partial charge in [-0.2, -0.15) is 0 Å². The zero-order valence-corrected chi connectivity index (χ0v) is 20.3. The number of para-hydroxylation sites is 1. The Morgan fingerprint density at radius 2 is 1.36 bits per heavy atom. The zero-order valence-electron chi connectivity index (χ0n) is 18.0. The van der Waals surface area contributed by atoms with Crippen LogP contribution >= 0.6 is 0 Å². The van der Waals surface area contributed by atoms with Gasteiger partial charge in [-0.15, -0.1) is 54.1 Å². The van der Waals surface area contributed by atoms with Crippen molar-refractivity contribution >= 4 is 21.9 Å². The summed E-state index contributed by atoms with van der Waals surface area (Å²) in [7, 11) is 0. The smallest absolute Gasteiger partial charge is 0.123 e. The normalized spacial score (nSPS) is 10.3. The Kier molecular flexibility index (Phi) is 7.09. The van der Waals surface area contributed by atoms with Crippen molar-refractivity contribution in [3.05, 3.63) is 121 Å². The summed E-state index contributed by atoms with van der Waals surface area (Å²) in [6, 6.07) is 36.1. The Balaban J connectivity index is 0.000000172. The van der Waals surface area contributed by atoms with Crippen LogP contribution in [-0.4, -0.2) is 9.97 Å². The molecule has 0 aliphatic carbocycles. The standard InChI is InChI=1S/C18H12NO.C11H8N.Ir/c1-12-6-4-7-13-14-8-5-9-15(18(14)20-17(12)13)16-10-2-3-11-19-16;1-2-6-10(7-3-1)11-8-4-5-9-12-11;/h2-8,10-11H,1H3;1-6,8-9H;/q2*-1;. The summed E-state index contributed by atoms with van der Waals surface area (Å²) in [4.78, 5) is 8.62. The van der Waals surface area contributed by atoms with Crippen LogP contribution < -0.4 is 0 Å². The number of nitrogens with zero attached hydrogens (tertiary/aromatic N) is 2. The first-order chi connectivity index (χ1) is 15.8. The van der Waals surface area contributed by atoms with Crippen LogP contribution in [-0.2, 0) is 20.1 Å². The van der Waals surface area contributed by atoms with Crippen LogP contribution in [0.4, 0.5) is 0 Å².